The zero-order valence-electron chi connectivity index (χ0n) is 11.8. The highest BCUT2D eigenvalue weighted by Gasteiger charge is 2.11. The highest BCUT2D eigenvalue weighted by Crippen LogP contribution is 2.40. The molecule has 2 nitrogen and oxygen atoms in total. The topological polar surface area (TPSA) is 12.5 Å². The fourth-order valence-electron chi connectivity index (χ4n) is 1.79. The van der Waals surface area contributed by atoms with Crippen molar-refractivity contribution < 1.29 is 4.74 Å². The summed E-state index contributed by atoms with van der Waals surface area (Å²) in [6, 6.07) is 8.40. The lowest BCUT2D eigenvalue weighted by Gasteiger charge is -2.17. The highest BCUT2D eigenvalue weighted by molar-refractivity contribution is 8.23. The summed E-state index contributed by atoms with van der Waals surface area (Å²) < 4.78 is 7.20. The number of rotatable bonds is 4. The molecular formula is C15H21NOS2. The van der Waals surface area contributed by atoms with Crippen LogP contribution in [-0.2, 0) is 0 Å². The van der Waals surface area contributed by atoms with Gasteiger partial charge in [-0.3, -0.25) is 4.90 Å². The maximum atomic E-state index is 5.74. The predicted molar refractivity (Wildman–Crippen MR) is 87.8 cm³/mol. The number of allylic oxidation sites excluding steroid dienone is 1. The van der Waals surface area contributed by atoms with Crippen molar-refractivity contribution >= 4 is 29.1 Å². The molecule has 104 valence electrons. The molecule has 0 atom stereocenters. The third-order valence-electron chi connectivity index (χ3n) is 2.82. The Labute approximate surface area is 124 Å². The summed E-state index contributed by atoms with van der Waals surface area (Å²) in [6.45, 7) is 2.83. The molecule has 0 aliphatic carbocycles. The summed E-state index contributed by atoms with van der Waals surface area (Å²) in [7, 11) is 4.01. The SMILES string of the molecule is CC(=C1SCCCS1)c1cccc(OCN(C)C)c1. The van der Waals surface area contributed by atoms with Crippen LogP contribution in [0.1, 0.15) is 18.9 Å². The van der Waals surface area contributed by atoms with E-state index in [1.807, 2.05) is 48.6 Å². The van der Waals surface area contributed by atoms with Gasteiger partial charge in [-0.15, -0.1) is 23.5 Å². The maximum absolute atomic E-state index is 5.74. The van der Waals surface area contributed by atoms with Crippen LogP contribution in [0.3, 0.4) is 0 Å². The Kier molecular flexibility index (Phi) is 5.67. The maximum Gasteiger partial charge on any atom is 0.141 e. The second-order valence-electron chi connectivity index (χ2n) is 4.84. The lowest BCUT2D eigenvalue weighted by molar-refractivity contribution is 0.179. The number of hydrogen-bond donors (Lipinski definition) is 0. The predicted octanol–water partition coefficient (Wildman–Crippen LogP) is 4.14. The van der Waals surface area contributed by atoms with Crippen molar-refractivity contribution in [1.82, 2.24) is 4.90 Å². The van der Waals surface area contributed by atoms with Crippen molar-refractivity contribution in [2.24, 2.45) is 0 Å². The van der Waals surface area contributed by atoms with Gasteiger partial charge in [-0.1, -0.05) is 12.1 Å². The molecule has 0 amide bonds. The minimum absolute atomic E-state index is 0.614. The zero-order valence-corrected chi connectivity index (χ0v) is 13.4. The lowest BCUT2D eigenvalue weighted by Crippen LogP contribution is -2.18. The summed E-state index contributed by atoms with van der Waals surface area (Å²) in [5.74, 6) is 3.43. The van der Waals surface area contributed by atoms with Gasteiger partial charge in [-0.05, 0) is 62.2 Å². The molecule has 2 rings (SSSR count). The van der Waals surface area contributed by atoms with Crippen molar-refractivity contribution in [3.05, 3.63) is 34.1 Å². The lowest BCUT2D eigenvalue weighted by atomic mass is 10.1. The highest BCUT2D eigenvalue weighted by atomic mass is 32.2. The van der Waals surface area contributed by atoms with Gasteiger partial charge < -0.3 is 4.74 Å². The smallest absolute Gasteiger partial charge is 0.141 e. The first-order chi connectivity index (χ1) is 9.16. The van der Waals surface area contributed by atoms with E-state index >= 15 is 0 Å². The van der Waals surface area contributed by atoms with E-state index in [4.69, 9.17) is 4.74 Å². The van der Waals surface area contributed by atoms with Crippen LogP contribution < -0.4 is 4.74 Å². The van der Waals surface area contributed by atoms with E-state index in [-0.39, 0.29) is 0 Å². The normalized spacial score (nSPS) is 15.7. The zero-order chi connectivity index (χ0) is 13.7. The monoisotopic (exact) mass is 295 g/mol. The average molecular weight is 295 g/mol. The van der Waals surface area contributed by atoms with Crippen LogP contribution in [0.4, 0.5) is 0 Å². The van der Waals surface area contributed by atoms with Gasteiger partial charge in [0.15, 0.2) is 0 Å². The van der Waals surface area contributed by atoms with Crippen molar-refractivity contribution in [2.75, 3.05) is 32.3 Å². The van der Waals surface area contributed by atoms with Crippen molar-refractivity contribution in [1.29, 1.82) is 0 Å². The van der Waals surface area contributed by atoms with E-state index in [1.54, 1.807) is 0 Å². The van der Waals surface area contributed by atoms with E-state index < -0.39 is 0 Å². The Morgan fingerprint density at radius 2 is 2.00 bits per heavy atom. The molecular weight excluding hydrogens is 274 g/mol. The Hall–Kier alpha value is -0.580. The molecule has 0 saturated carbocycles. The Morgan fingerprint density at radius 1 is 1.26 bits per heavy atom. The van der Waals surface area contributed by atoms with Crippen LogP contribution in [0, 0.1) is 0 Å². The molecule has 1 fully saturated rings. The molecule has 19 heavy (non-hydrogen) atoms. The van der Waals surface area contributed by atoms with Crippen LogP contribution in [0.5, 0.6) is 5.75 Å². The van der Waals surface area contributed by atoms with Crippen molar-refractivity contribution in [3.63, 3.8) is 0 Å². The second kappa shape index (κ2) is 7.27. The molecule has 4 heteroatoms. The molecule has 1 aliphatic heterocycles. The second-order valence-corrected chi connectivity index (χ2v) is 7.31. The van der Waals surface area contributed by atoms with Crippen LogP contribution >= 0.6 is 23.5 Å². The number of benzene rings is 1. The van der Waals surface area contributed by atoms with E-state index in [2.05, 4.69) is 25.1 Å². The summed E-state index contributed by atoms with van der Waals surface area (Å²) in [5.41, 5.74) is 2.65. The largest absolute Gasteiger partial charge is 0.478 e. The van der Waals surface area contributed by atoms with Gasteiger partial charge in [0.25, 0.3) is 0 Å². The molecule has 0 spiro atoms. The minimum atomic E-state index is 0.614. The first kappa shape index (κ1) is 14.8. The van der Waals surface area contributed by atoms with Crippen LogP contribution in [-0.4, -0.2) is 37.2 Å². The summed E-state index contributed by atoms with van der Waals surface area (Å²) >= 11 is 3.97. The summed E-state index contributed by atoms with van der Waals surface area (Å²) in [5, 5.41) is 0. The standard InChI is InChI=1S/C15H21NOS2/c1-12(15-18-8-5-9-19-15)13-6-4-7-14(10-13)17-11-16(2)3/h4,6-7,10H,5,8-9,11H2,1-3H3. The van der Waals surface area contributed by atoms with Gasteiger partial charge in [-0.2, -0.15) is 0 Å². The molecule has 0 unspecified atom stereocenters. The van der Waals surface area contributed by atoms with E-state index in [9.17, 15) is 0 Å². The summed E-state index contributed by atoms with van der Waals surface area (Å²) in [4.78, 5) is 2.02. The number of hydrogen-bond acceptors (Lipinski definition) is 4. The summed E-state index contributed by atoms with van der Waals surface area (Å²) in [6.07, 6.45) is 1.32. The molecule has 0 radical (unpaired) electrons. The number of nitrogens with zero attached hydrogens (tertiary/aromatic N) is 1. The molecule has 1 saturated heterocycles. The van der Waals surface area contributed by atoms with E-state index in [0.29, 0.717) is 6.73 Å². The Balaban J connectivity index is 2.13. The van der Waals surface area contributed by atoms with Gasteiger partial charge in [0, 0.05) is 4.24 Å². The molecule has 0 N–H and O–H groups in total. The van der Waals surface area contributed by atoms with Gasteiger partial charge in [0.05, 0.1) is 0 Å². The first-order valence-corrected chi connectivity index (χ1v) is 8.48. The van der Waals surface area contributed by atoms with E-state index in [0.717, 1.165) is 5.75 Å². The fraction of sp³-hybridized carbons (Fsp3) is 0.467. The minimum Gasteiger partial charge on any atom is -0.478 e. The average Bonchev–Trinajstić information content (AvgIpc) is 2.45. The Bertz CT molecular complexity index is 449. The van der Waals surface area contributed by atoms with Crippen LogP contribution in [0.2, 0.25) is 0 Å². The molecule has 1 aromatic rings. The quantitative estimate of drug-likeness (QED) is 0.774. The number of ether oxygens (including phenoxy) is 1. The molecule has 1 aromatic carbocycles. The molecule has 0 aromatic heterocycles. The molecule has 0 bridgehead atoms. The fourth-order valence-corrected chi connectivity index (χ4v) is 4.42. The van der Waals surface area contributed by atoms with Gasteiger partial charge >= 0.3 is 0 Å². The van der Waals surface area contributed by atoms with Gasteiger partial charge in [0.2, 0.25) is 0 Å². The first-order valence-electron chi connectivity index (χ1n) is 6.51. The van der Waals surface area contributed by atoms with Gasteiger partial charge in [0.1, 0.15) is 12.5 Å². The van der Waals surface area contributed by atoms with Crippen molar-refractivity contribution in [2.45, 2.75) is 13.3 Å². The van der Waals surface area contributed by atoms with Crippen LogP contribution in [0.15, 0.2) is 28.5 Å². The Morgan fingerprint density at radius 3 is 2.68 bits per heavy atom. The van der Waals surface area contributed by atoms with Crippen LogP contribution in [0.25, 0.3) is 5.57 Å². The third kappa shape index (κ3) is 4.48. The molecule has 1 heterocycles. The third-order valence-corrected chi connectivity index (χ3v) is 5.65. The van der Waals surface area contributed by atoms with E-state index in [1.165, 1.54) is 33.3 Å². The molecule has 1 aliphatic rings. The van der Waals surface area contributed by atoms with Gasteiger partial charge in [-0.25, -0.2) is 0 Å². The van der Waals surface area contributed by atoms with Crippen molar-refractivity contribution in [3.8, 4) is 5.75 Å². The number of thioether (sulfide) groups is 2.